The predicted molar refractivity (Wildman–Crippen MR) is 103 cm³/mol. The third-order valence-electron chi connectivity index (χ3n) is 4.92. The Bertz CT molecular complexity index is 1080. The van der Waals surface area contributed by atoms with Gasteiger partial charge in [-0.3, -0.25) is 13.9 Å². The minimum Gasteiger partial charge on any atom is -0.285 e. The largest absolute Gasteiger partial charge is 0.332 e. The fourth-order valence-electron chi connectivity index (χ4n) is 3.63. The lowest BCUT2D eigenvalue weighted by molar-refractivity contribution is 0.625. The van der Waals surface area contributed by atoms with E-state index in [1.807, 2.05) is 25.1 Å². The molecule has 6 heteroatoms. The minimum atomic E-state index is -0.251. The molecule has 1 aliphatic carbocycles. The van der Waals surface area contributed by atoms with Gasteiger partial charge < -0.3 is 0 Å². The van der Waals surface area contributed by atoms with Crippen LogP contribution in [0.4, 0.5) is 0 Å². The molecule has 2 aromatic heterocycles. The molecule has 0 aliphatic heterocycles. The van der Waals surface area contributed by atoms with Crippen molar-refractivity contribution >= 4 is 33.2 Å². The summed E-state index contributed by atoms with van der Waals surface area (Å²) in [4.78, 5) is 28.2. The van der Waals surface area contributed by atoms with Crippen molar-refractivity contribution in [3.63, 3.8) is 0 Å². The van der Waals surface area contributed by atoms with Crippen LogP contribution in [0.5, 0.6) is 0 Å². The molecule has 0 bridgehead atoms. The second-order valence-corrected chi connectivity index (χ2v) is 7.89. The number of fused-ring (bicyclic) bond motifs is 3. The third kappa shape index (κ3) is 2.66. The van der Waals surface area contributed by atoms with Gasteiger partial charge in [-0.25, -0.2) is 4.79 Å². The second kappa shape index (κ2) is 6.46. The number of hydrogen-bond acceptors (Lipinski definition) is 3. The van der Waals surface area contributed by atoms with Gasteiger partial charge in [-0.2, -0.15) is 0 Å². The van der Waals surface area contributed by atoms with E-state index in [0.29, 0.717) is 11.6 Å². The summed E-state index contributed by atoms with van der Waals surface area (Å²) in [5.74, 6) is 0. The lowest BCUT2D eigenvalue weighted by Crippen LogP contribution is -2.40. The quantitative estimate of drug-likeness (QED) is 0.699. The molecule has 0 saturated heterocycles. The lowest BCUT2D eigenvalue weighted by Gasteiger charge is -2.13. The summed E-state index contributed by atoms with van der Waals surface area (Å²) in [6.45, 7) is 2.71. The van der Waals surface area contributed by atoms with E-state index in [4.69, 9.17) is 11.6 Å². The van der Waals surface area contributed by atoms with Crippen molar-refractivity contribution in [2.45, 2.75) is 45.7 Å². The second-order valence-electron chi connectivity index (χ2n) is 6.40. The third-order valence-corrected chi connectivity index (χ3v) is 6.60. The van der Waals surface area contributed by atoms with Crippen LogP contribution >= 0.6 is 22.9 Å². The van der Waals surface area contributed by atoms with Crippen LogP contribution in [0.25, 0.3) is 10.2 Å². The highest BCUT2D eigenvalue weighted by Crippen LogP contribution is 2.34. The number of rotatable bonds is 3. The standard InChI is InChI=1S/C19H19ClN2O2S/c1-2-21-18-16(13-8-4-6-10-15(13)25-18)17(23)22(19(21)24)11-12-7-3-5-9-14(12)20/h3,5,7,9H,2,4,6,8,10-11H2,1H3. The van der Waals surface area contributed by atoms with Gasteiger partial charge in [0.1, 0.15) is 4.83 Å². The first-order chi connectivity index (χ1) is 12.1. The van der Waals surface area contributed by atoms with Gasteiger partial charge in [0.05, 0.1) is 11.9 Å². The zero-order valence-corrected chi connectivity index (χ0v) is 15.6. The van der Waals surface area contributed by atoms with Crippen molar-refractivity contribution in [3.05, 3.63) is 66.1 Å². The van der Waals surface area contributed by atoms with Crippen LogP contribution in [0.15, 0.2) is 33.9 Å². The monoisotopic (exact) mass is 374 g/mol. The van der Waals surface area contributed by atoms with Crippen molar-refractivity contribution in [2.75, 3.05) is 0 Å². The Balaban J connectivity index is 2.00. The van der Waals surface area contributed by atoms with Gasteiger partial charge >= 0.3 is 5.69 Å². The van der Waals surface area contributed by atoms with Crippen LogP contribution < -0.4 is 11.2 Å². The van der Waals surface area contributed by atoms with Gasteiger partial charge in [0.2, 0.25) is 0 Å². The average molecular weight is 375 g/mol. The predicted octanol–water partition coefficient (Wildman–Crippen LogP) is 3.83. The van der Waals surface area contributed by atoms with E-state index in [9.17, 15) is 9.59 Å². The normalized spacial score (nSPS) is 14.0. The SMILES string of the molecule is CCn1c(=O)n(Cc2ccccc2Cl)c(=O)c2c3c(sc21)CCCC3. The molecule has 4 nitrogen and oxygen atoms in total. The molecule has 25 heavy (non-hydrogen) atoms. The highest BCUT2D eigenvalue weighted by molar-refractivity contribution is 7.18. The molecule has 0 radical (unpaired) electrons. The van der Waals surface area contributed by atoms with Gasteiger partial charge in [0.25, 0.3) is 5.56 Å². The molecular weight excluding hydrogens is 356 g/mol. The van der Waals surface area contributed by atoms with E-state index in [1.54, 1.807) is 22.0 Å². The Labute approximate surface area is 154 Å². The maximum absolute atomic E-state index is 13.2. The van der Waals surface area contributed by atoms with Crippen molar-refractivity contribution in [2.24, 2.45) is 0 Å². The Morgan fingerprint density at radius 1 is 1.12 bits per heavy atom. The summed E-state index contributed by atoms with van der Waals surface area (Å²) >= 11 is 7.86. The van der Waals surface area contributed by atoms with E-state index in [1.165, 1.54) is 9.44 Å². The number of aryl methyl sites for hydroxylation is 3. The fraction of sp³-hybridized carbons (Fsp3) is 0.368. The molecule has 0 amide bonds. The summed E-state index contributed by atoms with van der Waals surface area (Å²) in [5, 5.41) is 1.32. The molecule has 4 rings (SSSR count). The summed E-state index contributed by atoms with van der Waals surface area (Å²) in [5.41, 5.74) is 1.52. The zero-order chi connectivity index (χ0) is 17.6. The molecule has 3 aromatic rings. The van der Waals surface area contributed by atoms with Crippen molar-refractivity contribution in [1.29, 1.82) is 0 Å². The molecular formula is C19H19ClN2O2S. The number of halogens is 1. The number of aromatic nitrogens is 2. The van der Waals surface area contributed by atoms with Crippen LogP contribution in [0.3, 0.4) is 0 Å². The van der Waals surface area contributed by atoms with Crippen LogP contribution in [-0.4, -0.2) is 9.13 Å². The van der Waals surface area contributed by atoms with Crippen LogP contribution in [0.1, 0.15) is 35.8 Å². The van der Waals surface area contributed by atoms with Gasteiger partial charge in [0.15, 0.2) is 0 Å². The van der Waals surface area contributed by atoms with Crippen LogP contribution in [-0.2, 0) is 25.9 Å². The Morgan fingerprint density at radius 2 is 1.88 bits per heavy atom. The topological polar surface area (TPSA) is 44.0 Å². The van der Waals surface area contributed by atoms with E-state index in [0.717, 1.165) is 47.0 Å². The molecule has 0 unspecified atom stereocenters. The number of thiophene rings is 1. The van der Waals surface area contributed by atoms with E-state index >= 15 is 0 Å². The Hall–Kier alpha value is -1.85. The highest BCUT2D eigenvalue weighted by Gasteiger charge is 2.23. The summed E-state index contributed by atoms with van der Waals surface area (Å²) < 4.78 is 3.07. The number of nitrogens with zero attached hydrogens (tertiary/aromatic N) is 2. The summed E-state index contributed by atoms with van der Waals surface area (Å²) in [6.07, 6.45) is 4.20. The highest BCUT2D eigenvalue weighted by atomic mass is 35.5. The first-order valence-electron chi connectivity index (χ1n) is 8.63. The first-order valence-corrected chi connectivity index (χ1v) is 9.82. The summed E-state index contributed by atoms with van der Waals surface area (Å²) in [7, 11) is 0. The van der Waals surface area contributed by atoms with E-state index < -0.39 is 0 Å². The van der Waals surface area contributed by atoms with Gasteiger partial charge in [-0.15, -0.1) is 11.3 Å². The number of hydrogen-bond donors (Lipinski definition) is 0. The van der Waals surface area contributed by atoms with Crippen molar-refractivity contribution in [1.82, 2.24) is 9.13 Å². The average Bonchev–Trinajstić information content (AvgIpc) is 3.00. The van der Waals surface area contributed by atoms with Gasteiger partial charge in [-0.05, 0) is 49.8 Å². The molecule has 0 saturated carbocycles. The van der Waals surface area contributed by atoms with Crippen LogP contribution in [0.2, 0.25) is 5.02 Å². The minimum absolute atomic E-state index is 0.177. The molecule has 2 heterocycles. The molecule has 130 valence electrons. The smallest absolute Gasteiger partial charge is 0.285 e. The molecule has 0 N–H and O–H groups in total. The van der Waals surface area contributed by atoms with Crippen molar-refractivity contribution in [3.8, 4) is 0 Å². The maximum atomic E-state index is 13.2. The summed E-state index contributed by atoms with van der Waals surface area (Å²) in [6, 6.07) is 7.36. The molecule has 0 atom stereocenters. The van der Waals surface area contributed by atoms with Gasteiger partial charge in [-0.1, -0.05) is 29.8 Å². The molecule has 0 spiro atoms. The molecule has 1 aromatic carbocycles. The van der Waals surface area contributed by atoms with Crippen LogP contribution in [0, 0.1) is 0 Å². The molecule has 0 fully saturated rings. The fourth-order valence-corrected chi connectivity index (χ4v) is 5.26. The van der Waals surface area contributed by atoms with Gasteiger partial charge in [0, 0.05) is 16.4 Å². The Kier molecular flexibility index (Phi) is 4.29. The lowest BCUT2D eigenvalue weighted by atomic mass is 9.97. The number of benzene rings is 1. The van der Waals surface area contributed by atoms with E-state index in [2.05, 4.69) is 0 Å². The first kappa shape index (κ1) is 16.6. The van der Waals surface area contributed by atoms with E-state index in [-0.39, 0.29) is 17.8 Å². The maximum Gasteiger partial charge on any atom is 0.332 e. The molecule has 1 aliphatic rings. The van der Waals surface area contributed by atoms with Crippen molar-refractivity contribution < 1.29 is 0 Å². The Morgan fingerprint density at radius 3 is 2.64 bits per heavy atom. The zero-order valence-electron chi connectivity index (χ0n) is 14.0.